The molecule has 6 rings (SSSR count). The number of carbonyl (C=O) groups is 1. The number of aromatic amines is 1. The van der Waals surface area contributed by atoms with Gasteiger partial charge in [0.15, 0.2) is 11.6 Å². The van der Waals surface area contributed by atoms with Crippen LogP contribution in [0.3, 0.4) is 0 Å². The number of aromatic nitrogens is 6. The number of rotatable bonds is 5. The number of halogens is 3. The monoisotopic (exact) mass is 539 g/mol. The van der Waals surface area contributed by atoms with Crippen LogP contribution in [0.4, 0.5) is 13.2 Å². The highest BCUT2D eigenvalue weighted by molar-refractivity contribution is 5.93. The van der Waals surface area contributed by atoms with Gasteiger partial charge in [-0.1, -0.05) is 0 Å². The predicted molar refractivity (Wildman–Crippen MR) is 130 cm³/mol. The fraction of sp³-hybridized carbons (Fsp3) is 0.440. The van der Waals surface area contributed by atoms with E-state index < -0.39 is 29.1 Å². The van der Waals surface area contributed by atoms with Crippen molar-refractivity contribution in [2.45, 2.75) is 43.9 Å². The molecule has 0 atom stereocenters. The van der Waals surface area contributed by atoms with E-state index in [2.05, 4.69) is 40.4 Å². The molecule has 0 unspecified atom stereocenters. The first kappa shape index (κ1) is 25.1. The summed E-state index contributed by atoms with van der Waals surface area (Å²) < 4.78 is 46.4. The Morgan fingerprint density at radius 3 is 2.77 bits per heavy atom. The number of nitrogens with zero attached hydrogens (tertiary/aromatic N) is 8. The van der Waals surface area contributed by atoms with E-state index in [-0.39, 0.29) is 18.4 Å². The number of amides is 1. The van der Waals surface area contributed by atoms with E-state index in [4.69, 9.17) is 0 Å². The van der Waals surface area contributed by atoms with Crippen molar-refractivity contribution in [1.82, 2.24) is 39.5 Å². The number of piperidine rings is 1. The molecule has 0 bridgehead atoms. The van der Waals surface area contributed by atoms with Crippen LogP contribution in [-0.4, -0.2) is 77.6 Å². The van der Waals surface area contributed by atoms with E-state index in [0.29, 0.717) is 39.0 Å². The van der Waals surface area contributed by atoms with E-state index in [1.54, 1.807) is 12.4 Å². The van der Waals surface area contributed by atoms with Crippen LogP contribution in [0.5, 0.6) is 0 Å². The number of alkyl halides is 3. The number of nitrogens with one attached hydrogen (secondary N) is 1. The molecule has 0 aliphatic carbocycles. The molecule has 39 heavy (non-hydrogen) atoms. The lowest BCUT2D eigenvalue weighted by Crippen LogP contribution is -2.66. The molecular formula is C25H24F3N9O2. The van der Waals surface area contributed by atoms with Gasteiger partial charge >= 0.3 is 6.18 Å². The molecule has 2 saturated heterocycles. The molecule has 1 amide bonds. The van der Waals surface area contributed by atoms with Crippen molar-refractivity contribution in [3.63, 3.8) is 0 Å². The van der Waals surface area contributed by atoms with Gasteiger partial charge in [0.05, 0.1) is 24.4 Å². The van der Waals surface area contributed by atoms with Crippen LogP contribution in [0.15, 0.2) is 35.4 Å². The summed E-state index contributed by atoms with van der Waals surface area (Å²) in [7, 11) is 0. The van der Waals surface area contributed by atoms with Gasteiger partial charge in [-0.2, -0.15) is 23.5 Å². The van der Waals surface area contributed by atoms with Crippen molar-refractivity contribution < 1.29 is 22.4 Å². The first-order valence-electron chi connectivity index (χ1n) is 12.5. The van der Waals surface area contributed by atoms with Crippen LogP contribution < -0.4 is 0 Å². The lowest BCUT2D eigenvalue weighted by Gasteiger charge is -2.53. The topological polar surface area (TPSA) is 133 Å². The smallest absolute Gasteiger partial charge is 0.436 e. The summed E-state index contributed by atoms with van der Waals surface area (Å²) in [4.78, 5) is 31.9. The van der Waals surface area contributed by atoms with Gasteiger partial charge in [-0.25, -0.2) is 15.0 Å². The maximum absolute atomic E-state index is 13.3. The average molecular weight is 540 g/mol. The molecule has 0 radical (unpaired) electrons. The highest BCUT2D eigenvalue weighted by Gasteiger charge is 2.49. The van der Waals surface area contributed by atoms with E-state index in [0.717, 1.165) is 22.3 Å². The quantitative estimate of drug-likeness (QED) is 0.408. The first-order chi connectivity index (χ1) is 18.7. The zero-order valence-corrected chi connectivity index (χ0v) is 20.9. The van der Waals surface area contributed by atoms with Gasteiger partial charge in [0.1, 0.15) is 17.5 Å². The molecule has 0 aromatic carbocycles. The SMILES string of the molecule is Cc1nc(C(=O)N2CCC(N3CC(CC#N)(n4cc(-c5ncnc6[nH]ccc56)cn4)C3)CC2)c(C(F)(F)F)o1. The number of nitriles is 1. The minimum absolute atomic E-state index is 0.137. The average Bonchev–Trinajstić information content (AvgIpc) is 3.65. The van der Waals surface area contributed by atoms with Crippen LogP contribution in [0.25, 0.3) is 22.3 Å². The standard InChI is InChI=1S/C25H24F3N9O2/c1-15-34-20(21(39-15)25(26,27)28)23(38)35-8-3-17(4-9-35)36-12-24(13-36,5-6-29)37-11-16(10-33-37)19-18-2-7-30-22(18)32-14-31-19/h2,7,10-11,14,17H,3-5,8-9,12-13H2,1H3,(H,30,31,32). The second kappa shape index (κ2) is 9.19. The molecule has 11 nitrogen and oxygen atoms in total. The number of likely N-dealkylation sites (tertiary alicyclic amines) is 2. The van der Waals surface area contributed by atoms with Gasteiger partial charge in [-0.15, -0.1) is 0 Å². The van der Waals surface area contributed by atoms with Crippen molar-refractivity contribution in [1.29, 1.82) is 5.26 Å². The minimum atomic E-state index is -4.79. The van der Waals surface area contributed by atoms with Crippen molar-refractivity contribution in [3.8, 4) is 17.3 Å². The van der Waals surface area contributed by atoms with Crippen molar-refractivity contribution in [3.05, 3.63) is 48.3 Å². The lowest BCUT2D eigenvalue weighted by atomic mass is 9.83. The summed E-state index contributed by atoms with van der Waals surface area (Å²) in [6.45, 7) is 3.10. The van der Waals surface area contributed by atoms with Gasteiger partial charge in [0.25, 0.3) is 5.91 Å². The molecule has 4 aromatic rings. The summed E-state index contributed by atoms with van der Waals surface area (Å²) in [5, 5.41) is 15.0. The number of aryl methyl sites for hydroxylation is 1. The molecule has 4 aromatic heterocycles. The van der Waals surface area contributed by atoms with Crippen LogP contribution in [0.1, 0.15) is 41.4 Å². The van der Waals surface area contributed by atoms with Crippen molar-refractivity contribution >= 4 is 16.9 Å². The fourth-order valence-corrected chi connectivity index (χ4v) is 5.61. The van der Waals surface area contributed by atoms with Crippen LogP contribution >= 0.6 is 0 Å². The first-order valence-corrected chi connectivity index (χ1v) is 12.5. The summed E-state index contributed by atoms with van der Waals surface area (Å²) in [6.07, 6.45) is 3.62. The molecular weight excluding hydrogens is 515 g/mol. The summed E-state index contributed by atoms with van der Waals surface area (Å²) in [5.74, 6) is -2.33. The predicted octanol–water partition coefficient (Wildman–Crippen LogP) is 3.37. The van der Waals surface area contributed by atoms with Crippen molar-refractivity contribution in [2.24, 2.45) is 0 Å². The van der Waals surface area contributed by atoms with Gasteiger partial charge in [0.2, 0.25) is 5.76 Å². The third-order valence-corrected chi connectivity index (χ3v) is 7.56. The lowest BCUT2D eigenvalue weighted by molar-refractivity contribution is -0.153. The van der Waals surface area contributed by atoms with Gasteiger partial charge in [-0.3, -0.25) is 14.4 Å². The molecule has 0 spiro atoms. The van der Waals surface area contributed by atoms with E-state index >= 15 is 0 Å². The molecule has 6 heterocycles. The normalized spacial score (nSPS) is 18.3. The van der Waals surface area contributed by atoms with Gasteiger partial charge in [0, 0.05) is 62.5 Å². The number of oxazole rings is 1. The second-order valence-corrected chi connectivity index (χ2v) is 10.0. The number of H-pyrrole nitrogens is 1. The fourth-order valence-electron chi connectivity index (χ4n) is 5.61. The number of hydrogen-bond acceptors (Lipinski definition) is 8. The Hall–Kier alpha value is -4.25. The zero-order valence-electron chi connectivity index (χ0n) is 20.9. The minimum Gasteiger partial charge on any atom is -0.436 e. The Bertz CT molecular complexity index is 1570. The summed E-state index contributed by atoms with van der Waals surface area (Å²) >= 11 is 0. The number of carbonyl (C=O) groups excluding carboxylic acids is 1. The highest BCUT2D eigenvalue weighted by atomic mass is 19.4. The molecule has 0 saturated carbocycles. The molecule has 1 N–H and O–H groups in total. The van der Waals surface area contributed by atoms with E-state index in [1.807, 2.05) is 16.9 Å². The van der Waals surface area contributed by atoms with Crippen LogP contribution in [0, 0.1) is 18.3 Å². The molecule has 14 heteroatoms. The Balaban J connectivity index is 1.12. The molecule has 2 aliphatic rings. The Morgan fingerprint density at radius 2 is 2.05 bits per heavy atom. The van der Waals surface area contributed by atoms with Crippen LogP contribution in [0.2, 0.25) is 0 Å². The number of hydrogen-bond donors (Lipinski definition) is 1. The Kier molecular flexibility index (Phi) is 5.91. The molecule has 202 valence electrons. The molecule has 2 aliphatic heterocycles. The van der Waals surface area contributed by atoms with Crippen molar-refractivity contribution in [2.75, 3.05) is 26.2 Å². The third-order valence-electron chi connectivity index (χ3n) is 7.56. The molecule has 2 fully saturated rings. The highest BCUT2D eigenvalue weighted by Crippen LogP contribution is 2.38. The zero-order chi connectivity index (χ0) is 27.4. The van der Waals surface area contributed by atoms with Crippen LogP contribution in [-0.2, 0) is 11.7 Å². The second-order valence-electron chi connectivity index (χ2n) is 10.0. The maximum Gasteiger partial charge on any atom is 0.452 e. The largest absolute Gasteiger partial charge is 0.452 e. The number of fused-ring (bicyclic) bond motifs is 1. The summed E-state index contributed by atoms with van der Waals surface area (Å²) in [5.41, 5.74) is 1.12. The van der Waals surface area contributed by atoms with Gasteiger partial charge in [-0.05, 0) is 18.9 Å². The summed E-state index contributed by atoms with van der Waals surface area (Å²) in [6, 6.07) is 4.33. The van der Waals surface area contributed by atoms with E-state index in [9.17, 15) is 23.2 Å². The Morgan fingerprint density at radius 1 is 1.28 bits per heavy atom. The Labute approximate surface area is 220 Å². The van der Waals surface area contributed by atoms with E-state index in [1.165, 1.54) is 18.2 Å². The van der Waals surface area contributed by atoms with Gasteiger partial charge < -0.3 is 14.3 Å². The third kappa shape index (κ3) is 4.32. The maximum atomic E-state index is 13.3.